The van der Waals surface area contributed by atoms with Crippen molar-refractivity contribution in [2.24, 2.45) is 0 Å². The summed E-state index contributed by atoms with van der Waals surface area (Å²) in [6, 6.07) is 6.40. The van der Waals surface area contributed by atoms with Crippen LogP contribution >= 0.6 is 0 Å². The smallest absolute Gasteiger partial charge is 0.253 e. The minimum atomic E-state index is -0.436. The van der Waals surface area contributed by atoms with E-state index in [1.807, 2.05) is 0 Å². The highest BCUT2D eigenvalue weighted by Crippen LogP contribution is 2.16. The summed E-state index contributed by atoms with van der Waals surface area (Å²) < 4.78 is 0. The van der Waals surface area contributed by atoms with Crippen molar-refractivity contribution in [1.82, 2.24) is 15.1 Å². The Morgan fingerprint density at radius 1 is 1.11 bits per heavy atom. The second kappa shape index (κ2) is 8.20. The molecule has 1 atom stereocenters. The molecule has 0 radical (unpaired) electrons. The van der Waals surface area contributed by atoms with Crippen molar-refractivity contribution in [3.05, 3.63) is 29.8 Å². The molecule has 2 N–H and O–H groups in total. The SMILES string of the molecule is CC(=O)Nc1cccc(C(=O)N2CCCN(C(=O)C3CCC(=O)N3)CC2)c1. The summed E-state index contributed by atoms with van der Waals surface area (Å²) in [5.41, 5.74) is 1.08. The maximum atomic E-state index is 12.8. The lowest BCUT2D eigenvalue weighted by Crippen LogP contribution is -2.46. The highest BCUT2D eigenvalue weighted by atomic mass is 16.2. The zero-order chi connectivity index (χ0) is 19.4. The molecule has 1 unspecified atom stereocenters. The lowest BCUT2D eigenvalue weighted by atomic mass is 10.1. The number of carbonyl (C=O) groups excluding carboxylic acids is 4. The number of nitrogens with one attached hydrogen (secondary N) is 2. The molecule has 1 aromatic rings. The standard InChI is InChI=1S/C19H24N4O4/c1-13(24)20-15-5-2-4-14(12-15)18(26)22-8-3-9-23(11-10-22)19(27)16-6-7-17(25)21-16/h2,4-5,12,16H,3,6-11H2,1H3,(H,20,24)(H,21,25). The molecule has 0 aromatic heterocycles. The van der Waals surface area contributed by atoms with Crippen LogP contribution in [0.15, 0.2) is 24.3 Å². The number of nitrogens with zero attached hydrogens (tertiary/aromatic N) is 2. The third-order valence-corrected chi connectivity index (χ3v) is 4.82. The van der Waals surface area contributed by atoms with Gasteiger partial charge >= 0.3 is 0 Å². The molecule has 0 saturated carbocycles. The molecular weight excluding hydrogens is 348 g/mol. The molecule has 27 heavy (non-hydrogen) atoms. The Balaban J connectivity index is 1.62. The van der Waals surface area contributed by atoms with Crippen molar-refractivity contribution >= 4 is 29.3 Å². The van der Waals surface area contributed by atoms with E-state index in [9.17, 15) is 19.2 Å². The second-order valence-electron chi connectivity index (χ2n) is 6.89. The van der Waals surface area contributed by atoms with Gasteiger partial charge in [0.1, 0.15) is 6.04 Å². The number of anilines is 1. The normalized spacial score (nSPS) is 20.0. The largest absolute Gasteiger partial charge is 0.344 e. The molecule has 8 heteroatoms. The molecule has 3 rings (SSSR count). The number of benzene rings is 1. The van der Waals surface area contributed by atoms with Gasteiger partial charge in [-0.2, -0.15) is 0 Å². The molecule has 2 aliphatic heterocycles. The first-order valence-corrected chi connectivity index (χ1v) is 9.19. The molecule has 0 spiro atoms. The van der Waals surface area contributed by atoms with Gasteiger partial charge in [0.25, 0.3) is 5.91 Å². The summed E-state index contributed by atoms with van der Waals surface area (Å²) in [7, 11) is 0. The van der Waals surface area contributed by atoms with E-state index in [1.54, 1.807) is 34.1 Å². The van der Waals surface area contributed by atoms with E-state index in [-0.39, 0.29) is 23.6 Å². The summed E-state index contributed by atoms with van der Waals surface area (Å²) >= 11 is 0. The Bertz CT molecular complexity index is 764. The van der Waals surface area contributed by atoms with Gasteiger partial charge in [0.2, 0.25) is 17.7 Å². The van der Waals surface area contributed by atoms with Crippen molar-refractivity contribution in [2.45, 2.75) is 32.2 Å². The first-order chi connectivity index (χ1) is 12.9. The highest BCUT2D eigenvalue weighted by Gasteiger charge is 2.32. The fourth-order valence-electron chi connectivity index (χ4n) is 3.48. The molecular formula is C19H24N4O4. The van der Waals surface area contributed by atoms with Gasteiger partial charge in [-0.1, -0.05) is 6.07 Å². The zero-order valence-electron chi connectivity index (χ0n) is 15.4. The van der Waals surface area contributed by atoms with Crippen LogP contribution in [0.4, 0.5) is 5.69 Å². The van der Waals surface area contributed by atoms with Gasteiger partial charge in [-0.05, 0) is 31.0 Å². The zero-order valence-corrected chi connectivity index (χ0v) is 15.4. The molecule has 0 bridgehead atoms. The van der Waals surface area contributed by atoms with Crippen molar-refractivity contribution in [1.29, 1.82) is 0 Å². The van der Waals surface area contributed by atoms with Crippen LogP contribution < -0.4 is 10.6 Å². The van der Waals surface area contributed by atoms with Gasteiger partial charge in [0, 0.05) is 50.8 Å². The first kappa shape index (κ1) is 18.9. The van der Waals surface area contributed by atoms with Crippen LogP contribution in [0.1, 0.15) is 36.5 Å². The van der Waals surface area contributed by atoms with Crippen LogP contribution in [0.3, 0.4) is 0 Å². The van der Waals surface area contributed by atoms with E-state index < -0.39 is 6.04 Å². The first-order valence-electron chi connectivity index (χ1n) is 9.19. The quantitative estimate of drug-likeness (QED) is 0.812. The van der Waals surface area contributed by atoms with Gasteiger partial charge in [-0.25, -0.2) is 0 Å². The predicted molar refractivity (Wildman–Crippen MR) is 99.0 cm³/mol. The van der Waals surface area contributed by atoms with Crippen LogP contribution in [0.2, 0.25) is 0 Å². The Labute approximate surface area is 157 Å². The summed E-state index contributed by atoms with van der Waals surface area (Å²) in [5, 5.41) is 5.38. The molecule has 8 nitrogen and oxygen atoms in total. The minimum absolute atomic E-state index is 0.0668. The van der Waals surface area contributed by atoms with Gasteiger partial charge in [-0.3, -0.25) is 19.2 Å². The Morgan fingerprint density at radius 2 is 1.85 bits per heavy atom. The van der Waals surface area contributed by atoms with E-state index >= 15 is 0 Å². The van der Waals surface area contributed by atoms with Gasteiger partial charge in [-0.15, -0.1) is 0 Å². The lowest BCUT2D eigenvalue weighted by molar-refractivity contribution is -0.134. The van der Waals surface area contributed by atoms with Gasteiger partial charge < -0.3 is 20.4 Å². The summed E-state index contributed by atoms with van der Waals surface area (Å²) in [4.78, 5) is 51.4. The van der Waals surface area contributed by atoms with E-state index in [1.165, 1.54) is 6.92 Å². The fraction of sp³-hybridized carbons (Fsp3) is 0.474. The van der Waals surface area contributed by atoms with E-state index in [0.717, 1.165) is 0 Å². The molecule has 4 amide bonds. The van der Waals surface area contributed by atoms with Crippen LogP contribution in [-0.2, 0) is 14.4 Å². The monoisotopic (exact) mass is 372 g/mol. The summed E-state index contributed by atoms with van der Waals surface area (Å²) in [5.74, 6) is -0.463. The van der Waals surface area contributed by atoms with Gasteiger partial charge in [0.15, 0.2) is 0 Å². The molecule has 144 valence electrons. The van der Waals surface area contributed by atoms with E-state index in [0.29, 0.717) is 56.7 Å². The summed E-state index contributed by atoms with van der Waals surface area (Å²) in [6.45, 7) is 3.44. The van der Waals surface area contributed by atoms with E-state index in [2.05, 4.69) is 10.6 Å². The highest BCUT2D eigenvalue weighted by molar-refractivity contribution is 5.97. The Kier molecular flexibility index (Phi) is 5.73. The Morgan fingerprint density at radius 3 is 2.56 bits per heavy atom. The van der Waals surface area contributed by atoms with E-state index in [4.69, 9.17) is 0 Å². The van der Waals surface area contributed by atoms with Crippen molar-refractivity contribution < 1.29 is 19.2 Å². The average molecular weight is 372 g/mol. The third kappa shape index (κ3) is 4.64. The number of carbonyl (C=O) groups is 4. The molecule has 0 aliphatic carbocycles. The molecule has 2 fully saturated rings. The lowest BCUT2D eigenvalue weighted by Gasteiger charge is -2.24. The van der Waals surface area contributed by atoms with Crippen LogP contribution in [0.25, 0.3) is 0 Å². The Hall–Kier alpha value is -2.90. The molecule has 2 aliphatic rings. The summed E-state index contributed by atoms with van der Waals surface area (Å²) in [6.07, 6.45) is 1.61. The maximum absolute atomic E-state index is 12.8. The molecule has 2 saturated heterocycles. The minimum Gasteiger partial charge on any atom is -0.344 e. The number of rotatable bonds is 3. The number of amides is 4. The van der Waals surface area contributed by atoms with Crippen LogP contribution in [0.5, 0.6) is 0 Å². The molecule has 1 aromatic carbocycles. The van der Waals surface area contributed by atoms with Crippen molar-refractivity contribution in [3.63, 3.8) is 0 Å². The molecule has 2 heterocycles. The van der Waals surface area contributed by atoms with Crippen LogP contribution in [0, 0.1) is 0 Å². The topological polar surface area (TPSA) is 98.8 Å². The number of hydrogen-bond donors (Lipinski definition) is 2. The van der Waals surface area contributed by atoms with Crippen molar-refractivity contribution in [2.75, 3.05) is 31.5 Å². The fourth-order valence-corrected chi connectivity index (χ4v) is 3.48. The third-order valence-electron chi connectivity index (χ3n) is 4.82. The second-order valence-corrected chi connectivity index (χ2v) is 6.89. The maximum Gasteiger partial charge on any atom is 0.253 e. The van der Waals surface area contributed by atoms with Crippen molar-refractivity contribution in [3.8, 4) is 0 Å². The average Bonchev–Trinajstić information content (AvgIpc) is 2.92. The number of hydrogen-bond acceptors (Lipinski definition) is 4. The predicted octanol–water partition coefficient (Wildman–Crippen LogP) is 0.598. The van der Waals surface area contributed by atoms with Gasteiger partial charge in [0.05, 0.1) is 0 Å². The van der Waals surface area contributed by atoms with Crippen LogP contribution in [-0.4, -0.2) is 65.6 Å².